The van der Waals surface area contributed by atoms with Crippen molar-refractivity contribution in [3.63, 3.8) is 0 Å². The Bertz CT molecular complexity index is 239. The molecule has 0 aliphatic heterocycles. The average molecular weight is 272 g/mol. The molecule has 0 fully saturated rings. The van der Waals surface area contributed by atoms with Crippen molar-refractivity contribution in [1.82, 2.24) is 0 Å². The van der Waals surface area contributed by atoms with Crippen LogP contribution in [0.25, 0.3) is 0 Å². The van der Waals surface area contributed by atoms with E-state index in [2.05, 4.69) is 0 Å². The molecule has 0 aliphatic carbocycles. The maximum absolute atomic E-state index is 9.66. The Morgan fingerprint density at radius 1 is 0.526 bits per heavy atom. The predicted octanol–water partition coefficient (Wildman–Crippen LogP) is -4.61. The summed E-state index contributed by atoms with van der Waals surface area (Å²) >= 11 is 0. The van der Waals surface area contributed by atoms with Crippen LogP contribution < -0.4 is 20.4 Å². The zero-order valence-corrected chi connectivity index (χ0v) is 10.0. The van der Waals surface area contributed by atoms with Gasteiger partial charge in [0.15, 0.2) is 0 Å². The largest absolute Gasteiger partial charge is 4.00 e. The van der Waals surface area contributed by atoms with Crippen molar-refractivity contribution in [2.45, 2.75) is 38.5 Å². The number of carbonyl (C=O) groups excluding carboxylic acids is 4. The topological polar surface area (TPSA) is 161 Å². The van der Waals surface area contributed by atoms with Gasteiger partial charge in [0.1, 0.15) is 0 Å². The van der Waals surface area contributed by atoms with E-state index in [1.807, 2.05) is 0 Å². The first kappa shape index (κ1) is 22.1. The van der Waals surface area contributed by atoms with Crippen molar-refractivity contribution < 1.29 is 39.6 Å². The van der Waals surface area contributed by atoms with E-state index in [-0.39, 0.29) is 46.0 Å². The Balaban J connectivity index is -0.000000256. The molecule has 0 unspecified atom stereocenters. The van der Waals surface area contributed by atoms with Crippen molar-refractivity contribution in [2.24, 2.45) is 0 Å². The zero-order valence-electron chi connectivity index (χ0n) is 10.0. The van der Waals surface area contributed by atoms with E-state index in [1.54, 1.807) is 0 Å². The third-order valence-corrected chi connectivity index (χ3v) is 1.52. The first-order valence-electron chi connectivity index (χ1n) is 5.05. The summed E-state index contributed by atoms with van der Waals surface area (Å²) in [5.41, 5.74) is 0. The molecule has 0 N–H and O–H groups in total. The second-order valence-corrected chi connectivity index (χ2v) is 3.20. The molecule has 0 aromatic heterocycles. The molecule has 0 atom stereocenters. The SMILES string of the molecule is O=C([O-])CCCC(=O)[O-].O=C([O-])CCCC(=O)[O-].[C+4]. The summed E-state index contributed by atoms with van der Waals surface area (Å²) in [7, 11) is 0. The predicted molar refractivity (Wildman–Crippen MR) is 51.0 cm³/mol. The van der Waals surface area contributed by atoms with Crippen LogP contribution in [0.4, 0.5) is 0 Å². The van der Waals surface area contributed by atoms with E-state index >= 15 is 0 Å². The third-order valence-electron chi connectivity index (χ3n) is 1.52. The van der Waals surface area contributed by atoms with Gasteiger partial charge in [-0.3, -0.25) is 0 Å². The van der Waals surface area contributed by atoms with Crippen LogP contribution in [-0.2, 0) is 19.2 Å². The van der Waals surface area contributed by atoms with Gasteiger partial charge in [-0.05, 0) is 38.5 Å². The van der Waals surface area contributed by atoms with Gasteiger partial charge in [0.05, 0.1) is 0 Å². The molecular weight excluding hydrogens is 260 g/mol. The zero-order chi connectivity index (χ0) is 14.6. The molecule has 0 bridgehead atoms. The number of hydrogen-bond donors (Lipinski definition) is 0. The summed E-state index contributed by atoms with van der Waals surface area (Å²) in [5.74, 6) is -4.90. The average Bonchev–Trinajstić information content (AvgIpc) is 2.15. The first-order chi connectivity index (χ1) is 8.25. The van der Waals surface area contributed by atoms with Gasteiger partial charge in [-0.15, -0.1) is 0 Å². The van der Waals surface area contributed by atoms with E-state index in [0.717, 1.165) is 0 Å². The van der Waals surface area contributed by atoms with Crippen LogP contribution in [0.3, 0.4) is 0 Å². The molecule has 0 radical (unpaired) electrons. The van der Waals surface area contributed by atoms with Gasteiger partial charge >= 0.3 is 7.43 Å². The van der Waals surface area contributed by atoms with Crippen LogP contribution >= 0.6 is 0 Å². The fourth-order valence-electron chi connectivity index (χ4n) is 0.754. The molecule has 0 amide bonds. The number of hydrogen-bond acceptors (Lipinski definition) is 8. The van der Waals surface area contributed by atoms with Gasteiger partial charge in [0.25, 0.3) is 0 Å². The molecule has 104 valence electrons. The van der Waals surface area contributed by atoms with Crippen LogP contribution in [0.2, 0.25) is 0 Å². The molecule has 0 heterocycles. The minimum Gasteiger partial charge on any atom is -0.550 e. The number of carboxylic acid groups (broad SMARTS) is 4. The summed E-state index contributed by atoms with van der Waals surface area (Å²) in [6.45, 7) is 0. The van der Waals surface area contributed by atoms with Crippen LogP contribution in [0.5, 0.6) is 0 Å². The van der Waals surface area contributed by atoms with E-state index in [0.29, 0.717) is 0 Å². The molecule has 0 saturated carbocycles. The Morgan fingerprint density at radius 3 is 0.789 bits per heavy atom. The van der Waals surface area contributed by atoms with E-state index in [1.165, 1.54) is 0 Å². The van der Waals surface area contributed by atoms with Crippen molar-refractivity contribution in [2.75, 3.05) is 0 Å². The summed E-state index contributed by atoms with van der Waals surface area (Å²) in [6.07, 6.45) is -0.681. The van der Waals surface area contributed by atoms with Gasteiger partial charge in [-0.25, -0.2) is 0 Å². The smallest absolute Gasteiger partial charge is 0.550 e. The Labute approximate surface area is 110 Å². The number of aliphatic carboxylic acids is 4. The molecule has 0 aliphatic rings. The molecule has 0 spiro atoms. The molecule has 0 saturated heterocycles. The van der Waals surface area contributed by atoms with E-state index in [4.69, 9.17) is 0 Å². The Hall–Kier alpha value is -2.12. The van der Waals surface area contributed by atoms with Crippen LogP contribution in [0.15, 0.2) is 0 Å². The number of carbonyl (C=O) groups is 4. The van der Waals surface area contributed by atoms with Gasteiger partial charge in [0, 0.05) is 23.9 Å². The van der Waals surface area contributed by atoms with Gasteiger partial charge in [-0.2, -0.15) is 0 Å². The fraction of sp³-hybridized carbons (Fsp3) is 0.545. The first-order valence-corrected chi connectivity index (χ1v) is 5.05. The summed E-state index contributed by atoms with van der Waals surface area (Å²) in [6, 6.07) is 0. The summed E-state index contributed by atoms with van der Waals surface area (Å²) in [5, 5.41) is 38.6. The Morgan fingerprint density at radius 2 is 0.684 bits per heavy atom. The maximum atomic E-state index is 9.66. The quantitative estimate of drug-likeness (QED) is 0.426. The molecule has 0 aromatic carbocycles. The second kappa shape index (κ2) is 13.9. The van der Waals surface area contributed by atoms with Crippen LogP contribution in [-0.4, -0.2) is 23.9 Å². The fourth-order valence-corrected chi connectivity index (χ4v) is 0.754. The normalized spacial score (nSPS) is 8.42. The molecule has 19 heavy (non-hydrogen) atoms. The van der Waals surface area contributed by atoms with Gasteiger partial charge in [-0.1, -0.05) is 0 Å². The minimum absolute atomic E-state index is 0. The van der Waals surface area contributed by atoms with E-state index in [9.17, 15) is 39.6 Å². The number of carboxylic acids is 4. The molecule has 0 aromatic rings. The third kappa shape index (κ3) is 31.3. The van der Waals surface area contributed by atoms with Crippen molar-refractivity contribution >= 4 is 23.9 Å². The van der Waals surface area contributed by atoms with Gasteiger partial charge in [0.2, 0.25) is 0 Å². The van der Waals surface area contributed by atoms with Crippen LogP contribution in [0.1, 0.15) is 38.5 Å². The summed E-state index contributed by atoms with van der Waals surface area (Å²) < 4.78 is 0. The van der Waals surface area contributed by atoms with Crippen molar-refractivity contribution in [3.8, 4) is 0 Å². The van der Waals surface area contributed by atoms with E-state index < -0.39 is 23.9 Å². The van der Waals surface area contributed by atoms with Crippen LogP contribution in [0, 0.1) is 7.43 Å². The molecular formula is C11H12O8. The maximum Gasteiger partial charge on any atom is 4.00 e. The van der Waals surface area contributed by atoms with Gasteiger partial charge < -0.3 is 39.6 Å². The molecule has 0 rings (SSSR count). The minimum atomic E-state index is -1.23. The molecule has 8 heteroatoms. The number of rotatable bonds is 8. The Kier molecular flexibility index (Phi) is 16.2. The van der Waals surface area contributed by atoms with Crippen molar-refractivity contribution in [1.29, 1.82) is 0 Å². The molecule has 8 nitrogen and oxygen atoms in total. The monoisotopic (exact) mass is 272 g/mol. The second-order valence-electron chi connectivity index (χ2n) is 3.20. The van der Waals surface area contributed by atoms with Crippen molar-refractivity contribution in [3.05, 3.63) is 7.43 Å². The summed E-state index contributed by atoms with van der Waals surface area (Å²) in [4.78, 5) is 38.6. The standard InChI is InChI=1S/2C5H8O4.C/c2*6-4(7)2-1-3-5(8)9;/h2*1-3H2,(H,6,7)(H,8,9);/q;;+4/p-4.